The van der Waals surface area contributed by atoms with Crippen LogP contribution in [-0.4, -0.2) is 0 Å². The van der Waals surface area contributed by atoms with Gasteiger partial charge in [-0.3, -0.25) is 0 Å². The maximum atomic E-state index is 2.46. The molecule has 5 unspecified atom stereocenters. The molecule has 0 saturated carbocycles. The molecule has 0 aliphatic carbocycles. The molecule has 0 aromatic carbocycles. The number of hydrogen-bond acceptors (Lipinski definition) is 0. The van der Waals surface area contributed by atoms with Crippen LogP contribution in [0.25, 0.3) is 0 Å². The van der Waals surface area contributed by atoms with Gasteiger partial charge >= 0.3 is 0 Å². The van der Waals surface area contributed by atoms with Gasteiger partial charge in [-0.15, -0.1) is 0 Å². The van der Waals surface area contributed by atoms with Crippen molar-refractivity contribution >= 4 is 0 Å². The largest absolute Gasteiger partial charge is 0.0651 e. The van der Waals surface area contributed by atoms with Crippen molar-refractivity contribution in [3.05, 3.63) is 0 Å². The molecule has 39 heavy (non-hydrogen) atoms. The summed E-state index contributed by atoms with van der Waals surface area (Å²) in [7, 11) is 0. The van der Waals surface area contributed by atoms with Crippen LogP contribution in [0.15, 0.2) is 0 Å². The fourth-order valence-corrected chi connectivity index (χ4v) is 5.85. The van der Waals surface area contributed by atoms with Crippen LogP contribution in [0, 0.1) is 47.3 Å². The van der Waals surface area contributed by atoms with E-state index in [1.165, 1.54) is 122 Å². The second-order valence-electron chi connectivity index (χ2n) is 15.7. The molecule has 0 aromatic heterocycles. The lowest BCUT2D eigenvalue weighted by Crippen LogP contribution is -2.01. The SMILES string of the molecule is CC(C)CCCC(C)CCCC(C)CCCC(C)C.CCC(C)CCCC(C)CCCC(C)CCCC(C)C. The molecule has 0 amide bonds. The molecule has 0 nitrogen and oxygen atoms in total. The molecule has 0 heterocycles. The van der Waals surface area contributed by atoms with Gasteiger partial charge in [0.15, 0.2) is 0 Å². The van der Waals surface area contributed by atoms with Crippen LogP contribution >= 0.6 is 0 Å². The highest BCUT2D eigenvalue weighted by molar-refractivity contribution is 4.61. The monoisotopic (exact) mass is 551 g/mol. The average molecular weight is 551 g/mol. The quantitative estimate of drug-likeness (QED) is 0.106. The second kappa shape index (κ2) is 28.1. The van der Waals surface area contributed by atoms with Gasteiger partial charge in [0, 0.05) is 0 Å². The van der Waals surface area contributed by atoms with Gasteiger partial charge in [0.2, 0.25) is 0 Å². The van der Waals surface area contributed by atoms with Crippen molar-refractivity contribution in [3.8, 4) is 0 Å². The normalized spacial score (nSPS) is 15.8. The summed E-state index contributed by atoms with van der Waals surface area (Å²) in [5, 5.41) is 0. The van der Waals surface area contributed by atoms with E-state index >= 15 is 0 Å². The fourth-order valence-electron chi connectivity index (χ4n) is 5.85. The third-order valence-electron chi connectivity index (χ3n) is 9.31. The zero-order valence-electron chi connectivity index (χ0n) is 30.1. The second-order valence-corrected chi connectivity index (χ2v) is 15.7. The Labute approximate surface area is 252 Å². The van der Waals surface area contributed by atoms with Crippen LogP contribution < -0.4 is 0 Å². The molecule has 0 saturated heterocycles. The van der Waals surface area contributed by atoms with E-state index < -0.39 is 0 Å². The molecular weight excluding hydrogens is 468 g/mol. The first-order valence-corrected chi connectivity index (χ1v) is 18.4. The highest BCUT2D eigenvalue weighted by Gasteiger charge is 2.08. The van der Waals surface area contributed by atoms with Gasteiger partial charge in [0.05, 0.1) is 0 Å². The maximum Gasteiger partial charge on any atom is -0.0443 e. The minimum atomic E-state index is 0.882. The summed E-state index contributed by atoms with van der Waals surface area (Å²) >= 11 is 0. The van der Waals surface area contributed by atoms with Crippen molar-refractivity contribution in [2.45, 2.75) is 205 Å². The summed E-state index contributed by atoms with van der Waals surface area (Å²) in [5.41, 5.74) is 0. The van der Waals surface area contributed by atoms with E-state index in [1.807, 2.05) is 0 Å². The summed E-state index contributed by atoms with van der Waals surface area (Å²) in [5.74, 6) is 7.36. The van der Waals surface area contributed by atoms with Crippen molar-refractivity contribution < 1.29 is 0 Å². The average Bonchev–Trinajstić information content (AvgIpc) is 2.83. The topological polar surface area (TPSA) is 0 Å². The maximum absolute atomic E-state index is 2.46. The highest BCUT2D eigenvalue weighted by Crippen LogP contribution is 2.23. The molecule has 0 N–H and O–H groups in total. The Hall–Kier alpha value is 0. The van der Waals surface area contributed by atoms with Gasteiger partial charge in [0.1, 0.15) is 0 Å². The molecule has 0 radical (unpaired) electrons. The lowest BCUT2D eigenvalue weighted by atomic mass is 9.91. The van der Waals surface area contributed by atoms with Gasteiger partial charge in [-0.1, -0.05) is 205 Å². The molecule has 0 rings (SSSR count). The molecule has 0 aliphatic heterocycles. The Morgan fingerprint density at radius 1 is 0.256 bits per heavy atom. The summed E-state index contributed by atoms with van der Waals surface area (Å²) in [6.45, 7) is 28.5. The molecular formula is C39H82. The molecule has 0 heteroatoms. The van der Waals surface area contributed by atoms with Gasteiger partial charge in [0.25, 0.3) is 0 Å². The van der Waals surface area contributed by atoms with Gasteiger partial charge < -0.3 is 0 Å². The van der Waals surface area contributed by atoms with Crippen LogP contribution in [0.3, 0.4) is 0 Å². The fraction of sp³-hybridized carbons (Fsp3) is 1.00. The molecule has 0 bridgehead atoms. The lowest BCUT2D eigenvalue weighted by molar-refractivity contribution is 0.376. The summed E-state index contributed by atoms with van der Waals surface area (Å²) < 4.78 is 0. The Morgan fingerprint density at radius 3 is 0.615 bits per heavy atom. The molecule has 238 valence electrons. The van der Waals surface area contributed by atoms with Crippen molar-refractivity contribution in [3.63, 3.8) is 0 Å². The van der Waals surface area contributed by atoms with Crippen LogP contribution in [0.4, 0.5) is 0 Å². The van der Waals surface area contributed by atoms with E-state index in [4.69, 9.17) is 0 Å². The van der Waals surface area contributed by atoms with Crippen LogP contribution in [0.1, 0.15) is 205 Å². The highest BCUT2D eigenvalue weighted by atomic mass is 14.1. The Morgan fingerprint density at radius 2 is 0.436 bits per heavy atom. The van der Waals surface area contributed by atoms with E-state index in [2.05, 4.69) is 83.1 Å². The standard InChI is InChI=1S/C20H42.C19H40/c1-7-18(4)12-9-14-20(6)16-10-15-19(5)13-8-11-17(2)3;1-16(2)10-7-12-18(5)14-9-15-19(6)13-8-11-17(3)4/h17-20H,7-16H2,1-6H3;16-19H,7-15H2,1-6H3. The lowest BCUT2D eigenvalue weighted by Gasteiger charge is -2.15. The first kappa shape index (κ1) is 41.1. The van der Waals surface area contributed by atoms with Gasteiger partial charge in [-0.2, -0.15) is 0 Å². The minimum absolute atomic E-state index is 0.882. The first-order chi connectivity index (χ1) is 18.4. The molecule has 0 fully saturated rings. The van der Waals surface area contributed by atoms with Crippen LogP contribution in [-0.2, 0) is 0 Å². The molecule has 5 atom stereocenters. The predicted octanol–water partition coefficient (Wildman–Crippen LogP) is 14.6. The van der Waals surface area contributed by atoms with Crippen LogP contribution in [0.5, 0.6) is 0 Å². The van der Waals surface area contributed by atoms with Crippen molar-refractivity contribution in [2.24, 2.45) is 47.3 Å². The van der Waals surface area contributed by atoms with Crippen LogP contribution in [0.2, 0.25) is 0 Å². The van der Waals surface area contributed by atoms with Gasteiger partial charge in [-0.05, 0) is 47.3 Å². The smallest absolute Gasteiger partial charge is 0.0443 e. The van der Waals surface area contributed by atoms with E-state index in [-0.39, 0.29) is 0 Å². The summed E-state index contributed by atoms with van der Waals surface area (Å²) in [4.78, 5) is 0. The number of hydrogen-bond donors (Lipinski definition) is 0. The van der Waals surface area contributed by atoms with E-state index in [0.717, 1.165) is 47.3 Å². The van der Waals surface area contributed by atoms with E-state index in [9.17, 15) is 0 Å². The molecule has 0 aliphatic rings. The predicted molar refractivity (Wildman–Crippen MR) is 184 cm³/mol. The van der Waals surface area contributed by atoms with Gasteiger partial charge in [-0.25, -0.2) is 0 Å². The zero-order chi connectivity index (χ0) is 30.1. The molecule has 0 aromatic rings. The summed E-state index contributed by atoms with van der Waals surface area (Å²) in [6, 6.07) is 0. The third-order valence-corrected chi connectivity index (χ3v) is 9.31. The summed E-state index contributed by atoms with van der Waals surface area (Å²) in [6.07, 6.45) is 27.3. The Bertz CT molecular complexity index is 441. The minimum Gasteiger partial charge on any atom is -0.0651 e. The molecule has 0 spiro atoms. The van der Waals surface area contributed by atoms with Crippen molar-refractivity contribution in [2.75, 3.05) is 0 Å². The van der Waals surface area contributed by atoms with Crippen molar-refractivity contribution in [1.82, 2.24) is 0 Å². The first-order valence-electron chi connectivity index (χ1n) is 18.4. The Balaban J connectivity index is 0. The zero-order valence-corrected chi connectivity index (χ0v) is 30.1. The van der Waals surface area contributed by atoms with E-state index in [1.54, 1.807) is 0 Å². The Kier molecular flexibility index (Phi) is 29.7. The third kappa shape index (κ3) is 34.1. The van der Waals surface area contributed by atoms with Crippen molar-refractivity contribution in [1.29, 1.82) is 0 Å². The van der Waals surface area contributed by atoms with E-state index in [0.29, 0.717) is 0 Å². The number of rotatable bonds is 25.